The van der Waals surface area contributed by atoms with Crippen LogP contribution < -0.4 is 0 Å². The van der Waals surface area contributed by atoms with Crippen LogP contribution in [0.25, 0.3) is 21.5 Å². The lowest BCUT2D eigenvalue weighted by atomic mass is 9.88. The van der Waals surface area contributed by atoms with Crippen molar-refractivity contribution in [1.29, 1.82) is 0 Å². The van der Waals surface area contributed by atoms with Crippen molar-refractivity contribution in [2.75, 3.05) is 0 Å². The Kier molecular flexibility index (Phi) is 7.31. The largest absolute Gasteiger partial charge is 0.260 e. The van der Waals surface area contributed by atoms with Crippen LogP contribution in [0.4, 0.5) is 0 Å². The van der Waals surface area contributed by atoms with E-state index in [-0.39, 0.29) is 10.8 Å². The first-order chi connectivity index (χ1) is 18.9. The van der Waals surface area contributed by atoms with E-state index >= 15 is 0 Å². The smallest absolute Gasteiger partial charge is 0.118 e. The highest BCUT2D eigenvalue weighted by atomic mass is 28.3. The van der Waals surface area contributed by atoms with Crippen molar-refractivity contribution in [1.82, 2.24) is 9.97 Å². The molecular formula is C37H42N2Si. The van der Waals surface area contributed by atoms with Gasteiger partial charge in [0, 0.05) is 34.6 Å². The van der Waals surface area contributed by atoms with Crippen LogP contribution in [0.1, 0.15) is 82.1 Å². The number of benzene rings is 2. The summed E-state index contributed by atoms with van der Waals surface area (Å²) in [4.78, 5) is 10.0. The molecule has 5 rings (SSSR count). The fourth-order valence-electron chi connectivity index (χ4n) is 5.96. The van der Waals surface area contributed by atoms with E-state index in [1.807, 2.05) is 0 Å². The third-order valence-electron chi connectivity index (χ3n) is 8.33. The summed E-state index contributed by atoms with van der Waals surface area (Å²) in [5, 5.41) is 2.95. The molecule has 4 aromatic rings. The summed E-state index contributed by atoms with van der Waals surface area (Å²) in [5.74, 6) is 0. The first kappa shape index (κ1) is 28.0. The standard InChI is InChI=1S/C37H42N2Si/c1-9-40(8)34(28-20-22-30(38-24-28)36(2,3)4)32(26-16-12-10-13-17-26)33(27-18-14-11-15-19-27)35(40)29-21-23-31(39-25-29)37(5,6)7/h10-25H,9H2,1-8H3. The molecule has 0 aliphatic carbocycles. The second kappa shape index (κ2) is 10.4. The van der Waals surface area contributed by atoms with Gasteiger partial charge in [0.15, 0.2) is 0 Å². The molecule has 2 nitrogen and oxygen atoms in total. The number of allylic oxidation sites excluding steroid dienone is 2. The maximum absolute atomic E-state index is 5.01. The predicted molar refractivity (Wildman–Crippen MR) is 174 cm³/mol. The van der Waals surface area contributed by atoms with E-state index in [0.717, 1.165) is 17.4 Å². The minimum absolute atomic E-state index is 0.00934. The van der Waals surface area contributed by atoms with Crippen LogP contribution in [0.3, 0.4) is 0 Å². The summed E-state index contributed by atoms with van der Waals surface area (Å²) in [6, 6.07) is 32.1. The van der Waals surface area contributed by atoms with Gasteiger partial charge in [-0.05, 0) is 55.9 Å². The van der Waals surface area contributed by atoms with Crippen LogP contribution in [-0.2, 0) is 10.8 Å². The van der Waals surface area contributed by atoms with Crippen molar-refractivity contribution in [3.05, 3.63) is 131 Å². The zero-order valence-corrected chi connectivity index (χ0v) is 26.3. The summed E-state index contributed by atoms with van der Waals surface area (Å²) in [7, 11) is -2.24. The van der Waals surface area contributed by atoms with Crippen LogP contribution in [0.15, 0.2) is 97.3 Å². The molecule has 0 amide bonds. The Labute approximate surface area is 242 Å². The van der Waals surface area contributed by atoms with Crippen LogP contribution in [0.5, 0.6) is 0 Å². The molecule has 0 N–H and O–H groups in total. The van der Waals surface area contributed by atoms with E-state index in [1.54, 1.807) is 0 Å². The average Bonchev–Trinajstić information content (AvgIpc) is 3.22. The van der Waals surface area contributed by atoms with E-state index in [2.05, 4.69) is 152 Å². The van der Waals surface area contributed by atoms with E-state index in [9.17, 15) is 0 Å². The number of aromatic nitrogens is 2. The summed E-state index contributed by atoms with van der Waals surface area (Å²) < 4.78 is 0. The van der Waals surface area contributed by atoms with Gasteiger partial charge in [-0.1, -0.05) is 134 Å². The normalized spacial score (nSPS) is 15.6. The molecule has 0 saturated heterocycles. The predicted octanol–water partition coefficient (Wildman–Crippen LogP) is 9.78. The molecule has 1 aliphatic rings. The van der Waals surface area contributed by atoms with Crippen molar-refractivity contribution in [3.63, 3.8) is 0 Å². The second-order valence-corrected chi connectivity index (χ2v) is 17.7. The molecule has 204 valence electrons. The van der Waals surface area contributed by atoms with Crippen molar-refractivity contribution < 1.29 is 0 Å². The number of pyridine rings is 2. The van der Waals surface area contributed by atoms with Gasteiger partial charge in [-0.3, -0.25) is 9.97 Å². The van der Waals surface area contributed by atoms with Gasteiger partial charge in [0.05, 0.1) is 0 Å². The first-order valence-corrected chi connectivity index (χ1v) is 17.2. The minimum atomic E-state index is -2.24. The number of rotatable bonds is 5. The number of hydrogen-bond acceptors (Lipinski definition) is 2. The number of nitrogens with zero attached hydrogens (tertiary/aromatic N) is 2. The Bertz CT molecular complexity index is 1430. The Hall–Kier alpha value is -3.56. The summed E-state index contributed by atoms with van der Waals surface area (Å²) in [5.41, 5.74) is 9.96. The molecule has 0 spiro atoms. The van der Waals surface area contributed by atoms with Crippen molar-refractivity contribution in [2.24, 2.45) is 0 Å². The van der Waals surface area contributed by atoms with Gasteiger partial charge in [-0.15, -0.1) is 0 Å². The van der Waals surface area contributed by atoms with Crippen LogP contribution in [-0.4, -0.2) is 18.0 Å². The van der Waals surface area contributed by atoms with Gasteiger partial charge in [0.25, 0.3) is 0 Å². The second-order valence-electron chi connectivity index (χ2n) is 13.3. The molecule has 0 saturated carbocycles. The van der Waals surface area contributed by atoms with Crippen molar-refractivity contribution in [2.45, 2.75) is 71.9 Å². The first-order valence-electron chi connectivity index (χ1n) is 14.5. The highest BCUT2D eigenvalue weighted by molar-refractivity contribution is 7.13. The highest BCUT2D eigenvalue weighted by Crippen LogP contribution is 2.56. The highest BCUT2D eigenvalue weighted by Gasteiger charge is 2.46. The average molecular weight is 543 g/mol. The third-order valence-corrected chi connectivity index (χ3v) is 13.0. The summed E-state index contributed by atoms with van der Waals surface area (Å²) in [6.07, 6.45) is 4.26. The molecule has 40 heavy (non-hydrogen) atoms. The lowest BCUT2D eigenvalue weighted by molar-refractivity contribution is 0.568. The van der Waals surface area contributed by atoms with Gasteiger partial charge in [-0.25, -0.2) is 0 Å². The maximum atomic E-state index is 5.01. The zero-order chi connectivity index (χ0) is 28.7. The molecule has 1 aliphatic heterocycles. The van der Waals surface area contributed by atoms with Gasteiger partial charge in [0.2, 0.25) is 0 Å². The molecule has 0 unspecified atom stereocenters. The third kappa shape index (κ3) is 5.04. The molecule has 3 heteroatoms. The van der Waals surface area contributed by atoms with Gasteiger partial charge in [-0.2, -0.15) is 0 Å². The summed E-state index contributed by atoms with van der Waals surface area (Å²) >= 11 is 0. The van der Waals surface area contributed by atoms with Gasteiger partial charge >= 0.3 is 0 Å². The molecule has 2 aromatic heterocycles. The van der Waals surface area contributed by atoms with E-state index < -0.39 is 8.07 Å². The van der Waals surface area contributed by atoms with Crippen LogP contribution >= 0.6 is 0 Å². The fraction of sp³-hybridized carbons (Fsp3) is 0.297. The summed E-state index contributed by atoms with van der Waals surface area (Å²) in [6.45, 7) is 18.3. The molecule has 0 radical (unpaired) electrons. The quantitative estimate of drug-likeness (QED) is 0.235. The van der Waals surface area contributed by atoms with Crippen molar-refractivity contribution in [3.8, 4) is 0 Å². The zero-order valence-electron chi connectivity index (χ0n) is 25.3. The Balaban J connectivity index is 1.86. The van der Waals surface area contributed by atoms with E-state index in [0.29, 0.717) is 0 Å². The molecule has 0 bridgehead atoms. The van der Waals surface area contributed by atoms with Crippen molar-refractivity contribution >= 4 is 29.6 Å². The molecule has 0 atom stereocenters. The van der Waals surface area contributed by atoms with Crippen LogP contribution in [0, 0.1) is 0 Å². The molecular weight excluding hydrogens is 501 g/mol. The van der Waals surface area contributed by atoms with E-state index in [4.69, 9.17) is 9.97 Å². The molecule has 3 heterocycles. The Morgan fingerprint density at radius 2 is 0.900 bits per heavy atom. The van der Waals surface area contributed by atoms with E-state index in [1.165, 1.54) is 43.8 Å². The SMILES string of the molecule is CC[Si]1(C)C(c2ccc(C(C)(C)C)nc2)=C(c2ccccc2)C(c2ccccc2)=C1c1ccc(C(C)(C)C)nc1. The lowest BCUT2D eigenvalue weighted by Gasteiger charge is -2.30. The Morgan fingerprint density at radius 1 is 0.525 bits per heavy atom. The minimum Gasteiger partial charge on any atom is -0.260 e. The fourth-order valence-corrected chi connectivity index (χ4v) is 10.1. The monoisotopic (exact) mass is 542 g/mol. The Morgan fingerprint density at radius 3 is 1.18 bits per heavy atom. The van der Waals surface area contributed by atoms with Gasteiger partial charge < -0.3 is 0 Å². The number of hydrogen-bond donors (Lipinski definition) is 0. The van der Waals surface area contributed by atoms with Gasteiger partial charge in [0.1, 0.15) is 8.07 Å². The molecule has 2 aromatic carbocycles. The van der Waals surface area contributed by atoms with Crippen LogP contribution in [0.2, 0.25) is 12.6 Å². The lowest BCUT2D eigenvalue weighted by Crippen LogP contribution is -2.32. The topological polar surface area (TPSA) is 25.8 Å². The maximum Gasteiger partial charge on any atom is 0.118 e. The molecule has 0 fully saturated rings.